The first-order valence-electron chi connectivity index (χ1n) is 8.36. The maximum Gasteiger partial charge on any atom is 0.257 e. The molecule has 1 aliphatic rings. The first kappa shape index (κ1) is 16.5. The van der Waals surface area contributed by atoms with Gasteiger partial charge in [-0.15, -0.1) is 0 Å². The average Bonchev–Trinajstić information content (AvgIpc) is 2.67. The van der Waals surface area contributed by atoms with E-state index in [9.17, 15) is 9.90 Å². The second-order valence-electron chi connectivity index (χ2n) is 6.22. The minimum atomic E-state index is -0.0252. The van der Waals surface area contributed by atoms with Crippen LogP contribution in [0.1, 0.15) is 23.2 Å². The van der Waals surface area contributed by atoms with Gasteiger partial charge in [0.05, 0.1) is 12.7 Å². The van der Waals surface area contributed by atoms with Gasteiger partial charge < -0.3 is 14.7 Å². The van der Waals surface area contributed by atoms with Gasteiger partial charge in [-0.1, -0.05) is 36.4 Å². The topological polar surface area (TPSA) is 49.8 Å². The van der Waals surface area contributed by atoms with Crippen molar-refractivity contribution in [3.63, 3.8) is 0 Å². The second-order valence-corrected chi connectivity index (χ2v) is 6.22. The molecule has 2 aromatic rings. The van der Waals surface area contributed by atoms with Gasteiger partial charge in [0.25, 0.3) is 5.91 Å². The number of aliphatic hydroxyl groups is 1. The second kappa shape index (κ2) is 7.49. The van der Waals surface area contributed by atoms with Crippen LogP contribution in [0.2, 0.25) is 0 Å². The van der Waals surface area contributed by atoms with Gasteiger partial charge in [0, 0.05) is 19.7 Å². The Labute approximate surface area is 142 Å². The Kier molecular flexibility index (Phi) is 5.16. The quantitative estimate of drug-likeness (QED) is 0.939. The molecule has 2 aromatic carbocycles. The molecule has 1 heterocycles. The summed E-state index contributed by atoms with van der Waals surface area (Å²) in [7, 11) is 1.58. The molecule has 0 aliphatic carbocycles. The molecule has 1 fully saturated rings. The number of rotatable bonds is 4. The number of carbonyl (C=O) groups excluding carboxylic acids is 1. The van der Waals surface area contributed by atoms with E-state index >= 15 is 0 Å². The Morgan fingerprint density at radius 2 is 2.00 bits per heavy atom. The SMILES string of the molecule is COc1ccc(-c2ccccc2)cc1C(=O)N1CCCC(CO)C1. The Balaban J connectivity index is 1.92. The zero-order chi connectivity index (χ0) is 16.9. The van der Waals surface area contributed by atoms with Gasteiger partial charge in [-0.3, -0.25) is 4.79 Å². The fourth-order valence-corrected chi connectivity index (χ4v) is 3.25. The number of amides is 1. The zero-order valence-electron chi connectivity index (χ0n) is 13.9. The van der Waals surface area contributed by atoms with Crippen molar-refractivity contribution < 1.29 is 14.6 Å². The number of hydrogen-bond donors (Lipinski definition) is 1. The minimum absolute atomic E-state index is 0.0252. The van der Waals surface area contributed by atoms with E-state index < -0.39 is 0 Å². The summed E-state index contributed by atoms with van der Waals surface area (Å²) >= 11 is 0. The standard InChI is InChI=1S/C20H23NO3/c1-24-19-10-9-17(16-7-3-2-4-8-16)12-18(19)20(23)21-11-5-6-15(13-21)14-22/h2-4,7-10,12,15,22H,5-6,11,13-14H2,1H3. The van der Waals surface area contributed by atoms with E-state index in [1.807, 2.05) is 53.4 Å². The van der Waals surface area contributed by atoms with Crippen LogP contribution in [0.25, 0.3) is 11.1 Å². The molecule has 4 nitrogen and oxygen atoms in total. The van der Waals surface area contributed by atoms with Crippen molar-refractivity contribution >= 4 is 5.91 Å². The van der Waals surface area contributed by atoms with Crippen molar-refractivity contribution in [2.24, 2.45) is 5.92 Å². The Hall–Kier alpha value is -2.33. The third-order valence-electron chi connectivity index (χ3n) is 4.60. The van der Waals surface area contributed by atoms with E-state index in [4.69, 9.17) is 4.74 Å². The van der Waals surface area contributed by atoms with Crippen LogP contribution in [-0.4, -0.2) is 42.7 Å². The third kappa shape index (κ3) is 3.44. The monoisotopic (exact) mass is 325 g/mol. The number of likely N-dealkylation sites (tertiary alicyclic amines) is 1. The Morgan fingerprint density at radius 1 is 1.21 bits per heavy atom. The summed E-state index contributed by atoms with van der Waals surface area (Å²) in [5, 5.41) is 9.39. The van der Waals surface area contributed by atoms with Crippen LogP contribution in [0.5, 0.6) is 5.75 Å². The van der Waals surface area contributed by atoms with Crippen molar-refractivity contribution in [2.45, 2.75) is 12.8 Å². The lowest BCUT2D eigenvalue weighted by Gasteiger charge is -2.32. The summed E-state index contributed by atoms with van der Waals surface area (Å²) in [6.45, 7) is 1.47. The molecule has 1 saturated heterocycles. The molecule has 0 aromatic heterocycles. The normalized spacial score (nSPS) is 17.6. The molecular formula is C20H23NO3. The lowest BCUT2D eigenvalue weighted by atomic mass is 9.97. The highest BCUT2D eigenvalue weighted by Gasteiger charge is 2.26. The summed E-state index contributed by atoms with van der Waals surface area (Å²) in [6, 6.07) is 15.7. The highest BCUT2D eigenvalue weighted by molar-refractivity contribution is 5.98. The summed E-state index contributed by atoms with van der Waals surface area (Å²) in [6.07, 6.45) is 1.90. The summed E-state index contributed by atoms with van der Waals surface area (Å²) in [5.41, 5.74) is 2.65. The van der Waals surface area contributed by atoms with E-state index in [1.54, 1.807) is 7.11 Å². The first-order chi connectivity index (χ1) is 11.7. The van der Waals surface area contributed by atoms with Crippen molar-refractivity contribution in [1.29, 1.82) is 0 Å². The molecule has 1 atom stereocenters. The first-order valence-corrected chi connectivity index (χ1v) is 8.36. The largest absolute Gasteiger partial charge is 0.496 e. The van der Waals surface area contributed by atoms with Crippen molar-refractivity contribution in [3.05, 3.63) is 54.1 Å². The van der Waals surface area contributed by atoms with Crippen LogP contribution >= 0.6 is 0 Å². The maximum absolute atomic E-state index is 13.0. The zero-order valence-corrected chi connectivity index (χ0v) is 13.9. The van der Waals surface area contributed by atoms with Crippen molar-refractivity contribution in [1.82, 2.24) is 4.90 Å². The fourth-order valence-electron chi connectivity index (χ4n) is 3.25. The third-order valence-corrected chi connectivity index (χ3v) is 4.60. The number of piperidine rings is 1. The van der Waals surface area contributed by atoms with Gasteiger partial charge in [-0.2, -0.15) is 0 Å². The molecular weight excluding hydrogens is 302 g/mol. The number of hydrogen-bond acceptors (Lipinski definition) is 3. The molecule has 3 rings (SSSR count). The van der Waals surface area contributed by atoms with Gasteiger partial charge in [0.2, 0.25) is 0 Å². The summed E-state index contributed by atoms with van der Waals surface area (Å²) in [4.78, 5) is 14.8. The number of nitrogens with zero attached hydrogens (tertiary/aromatic N) is 1. The van der Waals surface area contributed by atoms with Crippen LogP contribution in [0.4, 0.5) is 0 Å². The van der Waals surface area contributed by atoms with Gasteiger partial charge in [0.1, 0.15) is 5.75 Å². The molecule has 0 saturated carbocycles. The van der Waals surface area contributed by atoms with Gasteiger partial charge in [-0.25, -0.2) is 0 Å². The molecule has 4 heteroatoms. The van der Waals surface area contributed by atoms with Gasteiger partial charge >= 0.3 is 0 Å². The lowest BCUT2D eigenvalue weighted by Crippen LogP contribution is -2.41. The molecule has 126 valence electrons. The fraction of sp³-hybridized carbons (Fsp3) is 0.350. The van der Waals surface area contributed by atoms with E-state index in [2.05, 4.69) is 0 Å². The Bertz CT molecular complexity index is 699. The summed E-state index contributed by atoms with van der Waals surface area (Å²) in [5.74, 6) is 0.736. The molecule has 1 aliphatic heterocycles. The van der Waals surface area contributed by atoms with E-state index in [0.29, 0.717) is 17.9 Å². The number of carbonyl (C=O) groups is 1. The molecule has 1 N–H and O–H groups in total. The van der Waals surface area contributed by atoms with Gasteiger partial charge in [0.15, 0.2) is 0 Å². The molecule has 0 bridgehead atoms. The summed E-state index contributed by atoms with van der Waals surface area (Å²) < 4.78 is 5.40. The number of ether oxygens (including phenoxy) is 1. The Morgan fingerprint density at radius 3 is 2.71 bits per heavy atom. The number of methoxy groups -OCH3 is 1. The van der Waals surface area contributed by atoms with Gasteiger partial charge in [-0.05, 0) is 42.0 Å². The van der Waals surface area contributed by atoms with Crippen LogP contribution < -0.4 is 4.74 Å². The average molecular weight is 325 g/mol. The smallest absolute Gasteiger partial charge is 0.257 e. The highest BCUT2D eigenvalue weighted by Crippen LogP contribution is 2.29. The molecule has 24 heavy (non-hydrogen) atoms. The van der Waals surface area contributed by atoms with E-state index in [-0.39, 0.29) is 18.4 Å². The lowest BCUT2D eigenvalue weighted by molar-refractivity contribution is 0.0617. The highest BCUT2D eigenvalue weighted by atomic mass is 16.5. The molecule has 0 spiro atoms. The number of aliphatic hydroxyl groups excluding tert-OH is 1. The predicted molar refractivity (Wildman–Crippen MR) is 94.1 cm³/mol. The molecule has 0 radical (unpaired) electrons. The van der Waals surface area contributed by atoms with Crippen molar-refractivity contribution in [2.75, 3.05) is 26.8 Å². The van der Waals surface area contributed by atoms with Crippen LogP contribution in [-0.2, 0) is 0 Å². The predicted octanol–water partition coefficient (Wildman–Crippen LogP) is 3.21. The molecule has 1 amide bonds. The molecule has 1 unspecified atom stereocenters. The number of benzene rings is 2. The van der Waals surface area contributed by atoms with Crippen molar-refractivity contribution in [3.8, 4) is 16.9 Å². The minimum Gasteiger partial charge on any atom is -0.496 e. The van der Waals surface area contributed by atoms with E-state index in [0.717, 1.165) is 30.5 Å². The maximum atomic E-state index is 13.0. The van der Waals surface area contributed by atoms with Crippen LogP contribution in [0, 0.1) is 5.92 Å². The van der Waals surface area contributed by atoms with E-state index in [1.165, 1.54) is 0 Å². The van der Waals surface area contributed by atoms with Crippen LogP contribution in [0.3, 0.4) is 0 Å². The van der Waals surface area contributed by atoms with Crippen LogP contribution in [0.15, 0.2) is 48.5 Å².